The Morgan fingerprint density at radius 3 is 1.82 bits per heavy atom. The Labute approximate surface area is 425 Å². The zero-order chi connectivity index (χ0) is 52.2. The third-order valence-electron chi connectivity index (χ3n) is 18.9. The van der Waals surface area contributed by atoms with E-state index in [4.69, 9.17) is 56.8 Å². The molecule has 19 heteroatoms. The summed E-state index contributed by atoms with van der Waals surface area (Å²) >= 11 is 0. The molecule has 6 N–H and O–H groups in total. The number of methoxy groups -OCH3 is 3. The molecule has 26 atom stereocenters. The number of allylic oxidation sites excluding steroid dienone is 2. The van der Waals surface area contributed by atoms with Gasteiger partial charge < -0.3 is 87.5 Å². The molecule has 4 aliphatic carbocycles. The molecule has 4 aliphatic heterocycles. The lowest BCUT2D eigenvalue weighted by molar-refractivity contribution is -0.357. The molecule has 0 aromatic heterocycles. The standard InChI is InChI=1S/C53H86O19/c1-12-25(2)49(59)67-26(3)32-16-18-53(60)33-14-13-30-19-31(15-17-51(30,7)34(33)20-39(55)52(32,53)8)68-40-21-35(61-9)46(27(4)64-40)70-41-22-36(62-10)47(28(5)65-41)71-42-23-37(63-11)48(29(6)66-42)72-50-45(58)44(57)43(56)38(24-54)69-50/h12-13,26-29,31-48,50,54-58,60H,14-24H2,1-11H3/b25-12+/t26-,27+,28+,29+,31-,32+,33+,34-,35-,36-,37+,38+,39+,40-,41-,42-,43+,44-,45+,46-,47-,48+,50+,51-,52-,53-/m0/s1. The largest absolute Gasteiger partial charge is 0.459 e. The average Bonchev–Trinajstić information content (AvgIpc) is 3.65. The molecule has 0 aromatic carbocycles. The van der Waals surface area contributed by atoms with E-state index in [0.29, 0.717) is 37.7 Å². The summed E-state index contributed by atoms with van der Waals surface area (Å²) in [5.74, 6) is -0.459. The van der Waals surface area contributed by atoms with Crippen LogP contribution in [0.15, 0.2) is 23.3 Å². The highest BCUT2D eigenvalue weighted by Crippen LogP contribution is 2.68. The summed E-state index contributed by atoms with van der Waals surface area (Å²) in [6.07, 6.45) is -4.98. The summed E-state index contributed by atoms with van der Waals surface area (Å²) < 4.78 is 74.6. The second-order valence-electron chi connectivity index (χ2n) is 22.6. The van der Waals surface area contributed by atoms with E-state index in [0.717, 1.165) is 25.7 Å². The first-order chi connectivity index (χ1) is 34.1. The molecule has 4 heterocycles. The van der Waals surface area contributed by atoms with E-state index >= 15 is 0 Å². The second-order valence-corrected chi connectivity index (χ2v) is 22.6. The molecule has 7 fully saturated rings. The average molecular weight is 1030 g/mol. The molecule has 3 saturated carbocycles. The maximum atomic E-state index is 12.8. The minimum atomic E-state index is -1.59. The van der Waals surface area contributed by atoms with E-state index in [9.17, 15) is 35.4 Å². The van der Waals surface area contributed by atoms with Gasteiger partial charge in [0.15, 0.2) is 25.2 Å². The highest BCUT2D eigenvalue weighted by Gasteiger charge is 2.70. The van der Waals surface area contributed by atoms with Crippen LogP contribution in [-0.2, 0) is 61.6 Å². The van der Waals surface area contributed by atoms with Crippen LogP contribution in [0.2, 0.25) is 0 Å². The normalized spacial score (nSPS) is 50.3. The quantitative estimate of drug-likeness (QED) is 0.0782. The van der Waals surface area contributed by atoms with Crippen LogP contribution in [0.5, 0.6) is 0 Å². The lowest BCUT2D eigenvalue weighted by Gasteiger charge is -2.63. The van der Waals surface area contributed by atoms with Crippen LogP contribution in [0.1, 0.15) is 120 Å². The number of carbonyl (C=O) groups excluding carboxylic acids is 1. The molecule has 0 aromatic rings. The number of carbonyl (C=O) groups is 1. The first-order valence-electron chi connectivity index (χ1n) is 26.6. The zero-order valence-electron chi connectivity index (χ0n) is 44.2. The van der Waals surface area contributed by atoms with Crippen LogP contribution in [0.3, 0.4) is 0 Å². The molecule has 412 valence electrons. The van der Waals surface area contributed by atoms with Gasteiger partial charge in [0.25, 0.3) is 0 Å². The topological polar surface area (TPSA) is 249 Å². The molecule has 8 aliphatic rings. The minimum Gasteiger partial charge on any atom is -0.459 e. The van der Waals surface area contributed by atoms with Crippen LogP contribution in [-0.4, -0.2) is 193 Å². The number of aliphatic hydroxyl groups is 6. The van der Waals surface area contributed by atoms with Crippen molar-refractivity contribution in [2.24, 2.45) is 28.6 Å². The second kappa shape index (κ2) is 22.7. The summed E-state index contributed by atoms with van der Waals surface area (Å²) in [4.78, 5) is 12.8. The Bertz CT molecular complexity index is 1900. The fourth-order valence-corrected chi connectivity index (χ4v) is 14.4. The van der Waals surface area contributed by atoms with Gasteiger partial charge in [-0.05, 0) is 104 Å². The fourth-order valence-electron chi connectivity index (χ4n) is 14.4. The van der Waals surface area contributed by atoms with E-state index in [1.54, 1.807) is 34.1 Å². The van der Waals surface area contributed by atoms with Gasteiger partial charge in [-0.2, -0.15) is 0 Å². The first-order valence-corrected chi connectivity index (χ1v) is 26.6. The number of fused-ring (bicyclic) bond motifs is 5. The Balaban J connectivity index is 0.837. The van der Waals surface area contributed by atoms with Crippen LogP contribution >= 0.6 is 0 Å². The van der Waals surface area contributed by atoms with Crippen molar-refractivity contribution in [1.29, 1.82) is 0 Å². The van der Waals surface area contributed by atoms with Crippen molar-refractivity contribution in [2.45, 2.75) is 248 Å². The van der Waals surface area contributed by atoms with Crippen molar-refractivity contribution in [2.75, 3.05) is 27.9 Å². The summed E-state index contributed by atoms with van der Waals surface area (Å²) in [7, 11) is 4.80. The monoisotopic (exact) mass is 1030 g/mol. The Kier molecular flexibility index (Phi) is 17.8. The van der Waals surface area contributed by atoms with E-state index in [-0.39, 0.29) is 47.8 Å². The summed E-state index contributed by atoms with van der Waals surface area (Å²) in [6, 6.07) is 0. The van der Waals surface area contributed by atoms with Gasteiger partial charge >= 0.3 is 5.97 Å². The molecule has 0 bridgehead atoms. The van der Waals surface area contributed by atoms with Gasteiger partial charge in [0.1, 0.15) is 48.8 Å². The highest BCUT2D eigenvalue weighted by atomic mass is 16.8. The number of esters is 1. The van der Waals surface area contributed by atoms with Crippen molar-refractivity contribution in [3.05, 3.63) is 23.3 Å². The van der Waals surface area contributed by atoms with Crippen molar-refractivity contribution < 1.29 is 92.3 Å². The zero-order valence-corrected chi connectivity index (χ0v) is 44.2. The third-order valence-corrected chi connectivity index (χ3v) is 18.9. The molecule has 72 heavy (non-hydrogen) atoms. The molecule has 0 unspecified atom stereocenters. The number of aliphatic hydroxyl groups excluding tert-OH is 5. The van der Waals surface area contributed by atoms with Gasteiger partial charge in [-0.15, -0.1) is 0 Å². The van der Waals surface area contributed by atoms with Crippen LogP contribution in [0.4, 0.5) is 0 Å². The highest BCUT2D eigenvalue weighted by molar-refractivity contribution is 5.87. The van der Waals surface area contributed by atoms with Crippen LogP contribution < -0.4 is 0 Å². The van der Waals surface area contributed by atoms with Gasteiger partial charge in [-0.25, -0.2) is 4.79 Å². The lowest BCUT2D eigenvalue weighted by Crippen LogP contribution is -2.66. The van der Waals surface area contributed by atoms with Crippen LogP contribution in [0.25, 0.3) is 0 Å². The van der Waals surface area contributed by atoms with E-state index in [1.807, 2.05) is 34.6 Å². The Morgan fingerprint density at radius 2 is 1.29 bits per heavy atom. The summed E-state index contributed by atoms with van der Waals surface area (Å²) in [5.41, 5.74) is -0.256. The van der Waals surface area contributed by atoms with Crippen LogP contribution in [0, 0.1) is 28.6 Å². The molecule has 4 saturated heterocycles. The SMILES string of the molecule is C/C=C(\C)C(=O)O[C@@H](C)[C@H]1CC[C@]2(O)[C@@H]3CC=C4C[C@@H](O[C@H]5C[C@H](OC)[C@@H](O[C@H]6C[C@H](OC)[C@@H](O[C@H]7C[C@@H](OC)[C@H](O[C@H]8O[C@H](CO)[C@@H](O)[C@H](O)[C@H]8O)[C@@H](C)O7)[C@@H](C)O6)[C@@H](C)O5)CC[C@]4(C)[C@H]3C[C@@H](O)[C@]12C. The number of hydrogen-bond acceptors (Lipinski definition) is 19. The Morgan fingerprint density at radius 1 is 0.750 bits per heavy atom. The van der Waals surface area contributed by atoms with Gasteiger partial charge in [0.05, 0.1) is 61.0 Å². The van der Waals surface area contributed by atoms with Gasteiger partial charge in [-0.3, -0.25) is 0 Å². The van der Waals surface area contributed by atoms with Crippen molar-refractivity contribution >= 4 is 5.97 Å². The molecule has 0 spiro atoms. The first kappa shape index (κ1) is 56.5. The van der Waals surface area contributed by atoms with E-state index in [1.165, 1.54) is 12.7 Å². The third kappa shape index (κ3) is 10.4. The summed E-state index contributed by atoms with van der Waals surface area (Å²) in [6.45, 7) is 14.8. The lowest BCUT2D eigenvalue weighted by atomic mass is 9.45. The molecule has 19 nitrogen and oxygen atoms in total. The van der Waals surface area contributed by atoms with Crippen molar-refractivity contribution in [1.82, 2.24) is 0 Å². The number of hydrogen-bond donors (Lipinski definition) is 6. The van der Waals surface area contributed by atoms with Crippen molar-refractivity contribution in [3.8, 4) is 0 Å². The number of rotatable bonds is 15. The van der Waals surface area contributed by atoms with Crippen molar-refractivity contribution in [3.63, 3.8) is 0 Å². The number of ether oxygens (including phenoxy) is 12. The van der Waals surface area contributed by atoms with E-state index in [2.05, 4.69) is 13.0 Å². The van der Waals surface area contributed by atoms with Gasteiger partial charge in [-0.1, -0.05) is 31.6 Å². The molecular formula is C53H86O19. The minimum absolute atomic E-state index is 0.0248. The molecule has 0 radical (unpaired) electrons. The predicted molar refractivity (Wildman–Crippen MR) is 256 cm³/mol. The maximum Gasteiger partial charge on any atom is 0.333 e. The molecule has 8 rings (SSSR count). The maximum absolute atomic E-state index is 12.8. The van der Waals surface area contributed by atoms with Gasteiger partial charge in [0.2, 0.25) is 0 Å². The Hall–Kier alpha value is -1.73. The van der Waals surface area contributed by atoms with Gasteiger partial charge in [0, 0.05) is 57.5 Å². The van der Waals surface area contributed by atoms with E-state index < -0.39 is 128 Å². The predicted octanol–water partition coefficient (Wildman–Crippen LogP) is 3.34. The molecule has 0 amide bonds. The summed E-state index contributed by atoms with van der Waals surface area (Å²) in [5, 5.41) is 65.6. The smallest absolute Gasteiger partial charge is 0.333 e. The fraction of sp³-hybridized carbons (Fsp3) is 0.906. The molecular weight excluding hydrogens is 941 g/mol.